The monoisotopic (exact) mass is 112 g/mol. The Labute approximate surface area is 50.0 Å². The maximum absolute atomic E-state index is 8.35. The van der Waals surface area contributed by atoms with Crippen LogP contribution in [0.5, 0.6) is 0 Å². The molecule has 1 rings (SSSR count). The van der Waals surface area contributed by atoms with Crippen LogP contribution in [0, 0.1) is 5.92 Å². The standard InChI is InChI=1S/C7H12O/c8-6-2-1-3-7-4-5-7/h1,3,7-8H,2,4-6H2/b3-1-. The number of allylic oxidation sites excluding steroid dienone is 1. The number of rotatable bonds is 3. The third-order valence-electron chi connectivity index (χ3n) is 1.33. The summed E-state index contributed by atoms with van der Waals surface area (Å²) in [5, 5.41) is 8.35. The summed E-state index contributed by atoms with van der Waals surface area (Å²) in [7, 11) is 0. The topological polar surface area (TPSA) is 20.2 Å². The van der Waals surface area contributed by atoms with Gasteiger partial charge in [-0.25, -0.2) is 0 Å². The van der Waals surface area contributed by atoms with Crippen LogP contribution in [0.4, 0.5) is 0 Å². The van der Waals surface area contributed by atoms with Crippen LogP contribution in [0.3, 0.4) is 0 Å². The molecule has 8 heavy (non-hydrogen) atoms. The smallest absolute Gasteiger partial charge is 0.0465 e. The Hall–Kier alpha value is -0.300. The zero-order valence-electron chi connectivity index (χ0n) is 5.01. The van der Waals surface area contributed by atoms with Crippen molar-refractivity contribution < 1.29 is 5.11 Å². The lowest BCUT2D eigenvalue weighted by molar-refractivity contribution is 0.302. The van der Waals surface area contributed by atoms with E-state index in [4.69, 9.17) is 5.11 Å². The van der Waals surface area contributed by atoms with Gasteiger partial charge in [0.1, 0.15) is 0 Å². The van der Waals surface area contributed by atoms with Gasteiger partial charge in [-0.15, -0.1) is 0 Å². The number of aliphatic hydroxyl groups is 1. The van der Waals surface area contributed by atoms with E-state index in [1.807, 2.05) is 0 Å². The minimum Gasteiger partial charge on any atom is -0.396 e. The van der Waals surface area contributed by atoms with Gasteiger partial charge in [-0.3, -0.25) is 0 Å². The summed E-state index contributed by atoms with van der Waals surface area (Å²) >= 11 is 0. The second-order valence-corrected chi connectivity index (χ2v) is 2.28. The zero-order chi connectivity index (χ0) is 5.82. The van der Waals surface area contributed by atoms with Crippen LogP contribution in [0.25, 0.3) is 0 Å². The molecule has 0 heterocycles. The Morgan fingerprint density at radius 3 is 2.75 bits per heavy atom. The first-order chi connectivity index (χ1) is 3.93. The van der Waals surface area contributed by atoms with E-state index in [0.717, 1.165) is 12.3 Å². The summed E-state index contributed by atoms with van der Waals surface area (Å²) in [5.74, 6) is 0.863. The molecule has 0 bridgehead atoms. The van der Waals surface area contributed by atoms with Gasteiger partial charge < -0.3 is 5.11 Å². The van der Waals surface area contributed by atoms with Crippen LogP contribution in [0.2, 0.25) is 0 Å². The Balaban J connectivity index is 1.96. The summed E-state index contributed by atoms with van der Waals surface area (Å²) < 4.78 is 0. The lowest BCUT2D eigenvalue weighted by atomic mass is 10.3. The van der Waals surface area contributed by atoms with Crippen molar-refractivity contribution in [3.63, 3.8) is 0 Å². The fraction of sp³-hybridized carbons (Fsp3) is 0.714. The summed E-state index contributed by atoms with van der Waals surface area (Å²) in [6.45, 7) is 0.295. The second-order valence-electron chi connectivity index (χ2n) is 2.28. The molecule has 46 valence electrons. The summed E-state index contributed by atoms with van der Waals surface area (Å²) in [4.78, 5) is 0. The number of aliphatic hydroxyl groups excluding tert-OH is 1. The molecule has 1 aliphatic rings. The maximum Gasteiger partial charge on any atom is 0.0465 e. The predicted molar refractivity (Wildman–Crippen MR) is 33.6 cm³/mol. The molecule has 0 atom stereocenters. The van der Waals surface area contributed by atoms with Crippen molar-refractivity contribution in [2.45, 2.75) is 19.3 Å². The third-order valence-corrected chi connectivity index (χ3v) is 1.33. The Kier molecular flexibility index (Phi) is 2.10. The minimum atomic E-state index is 0.295. The fourth-order valence-electron chi connectivity index (χ4n) is 0.652. The average molecular weight is 112 g/mol. The molecule has 1 aliphatic carbocycles. The van der Waals surface area contributed by atoms with E-state index in [-0.39, 0.29) is 0 Å². The van der Waals surface area contributed by atoms with Crippen molar-refractivity contribution >= 4 is 0 Å². The van der Waals surface area contributed by atoms with Crippen molar-refractivity contribution in [1.82, 2.24) is 0 Å². The normalized spacial score (nSPS) is 20.1. The number of hydrogen-bond donors (Lipinski definition) is 1. The van der Waals surface area contributed by atoms with E-state index in [9.17, 15) is 0 Å². The van der Waals surface area contributed by atoms with Gasteiger partial charge in [0.15, 0.2) is 0 Å². The third kappa shape index (κ3) is 2.12. The van der Waals surface area contributed by atoms with Gasteiger partial charge in [-0.05, 0) is 25.2 Å². The molecule has 1 saturated carbocycles. The SMILES string of the molecule is OCC/C=C\C1CC1. The molecular weight excluding hydrogens is 100 g/mol. The van der Waals surface area contributed by atoms with Gasteiger partial charge in [-0.1, -0.05) is 12.2 Å². The number of hydrogen-bond acceptors (Lipinski definition) is 1. The van der Waals surface area contributed by atoms with Gasteiger partial charge >= 0.3 is 0 Å². The average Bonchev–Trinajstić information content (AvgIpc) is 2.51. The van der Waals surface area contributed by atoms with Crippen molar-refractivity contribution in [2.75, 3.05) is 6.61 Å². The molecule has 1 nitrogen and oxygen atoms in total. The first-order valence-corrected chi connectivity index (χ1v) is 3.21. The highest BCUT2D eigenvalue weighted by Gasteiger charge is 2.16. The van der Waals surface area contributed by atoms with E-state index in [1.165, 1.54) is 12.8 Å². The van der Waals surface area contributed by atoms with Crippen LogP contribution in [0.1, 0.15) is 19.3 Å². The molecule has 0 aromatic carbocycles. The molecule has 1 N–H and O–H groups in total. The highest BCUT2D eigenvalue weighted by molar-refractivity contribution is 4.95. The van der Waals surface area contributed by atoms with Crippen LogP contribution >= 0.6 is 0 Å². The predicted octanol–water partition coefficient (Wildman–Crippen LogP) is 1.33. The van der Waals surface area contributed by atoms with Crippen LogP contribution in [-0.4, -0.2) is 11.7 Å². The van der Waals surface area contributed by atoms with Gasteiger partial charge in [-0.2, -0.15) is 0 Å². The minimum absolute atomic E-state index is 0.295. The van der Waals surface area contributed by atoms with Crippen LogP contribution in [0.15, 0.2) is 12.2 Å². The quantitative estimate of drug-likeness (QED) is 0.546. The van der Waals surface area contributed by atoms with E-state index in [1.54, 1.807) is 0 Å². The molecular formula is C7H12O. The second kappa shape index (κ2) is 2.88. The van der Waals surface area contributed by atoms with Crippen molar-refractivity contribution in [3.8, 4) is 0 Å². The first-order valence-electron chi connectivity index (χ1n) is 3.21. The van der Waals surface area contributed by atoms with E-state index >= 15 is 0 Å². The van der Waals surface area contributed by atoms with Crippen molar-refractivity contribution in [2.24, 2.45) is 5.92 Å². The molecule has 0 saturated heterocycles. The Morgan fingerprint density at radius 2 is 2.25 bits per heavy atom. The fourth-order valence-corrected chi connectivity index (χ4v) is 0.652. The highest BCUT2D eigenvalue weighted by atomic mass is 16.2. The molecule has 0 aromatic rings. The molecule has 0 aliphatic heterocycles. The van der Waals surface area contributed by atoms with Crippen molar-refractivity contribution in [3.05, 3.63) is 12.2 Å². The summed E-state index contributed by atoms with van der Waals surface area (Å²) in [6, 6.07) is 0. The summed E-state index contributed by atoms with van der Waals surface area (Å²) in [5.41, 5.74) is 0. The highest BCUT2D eigenvalue weighted by Crippen LogP contribution is 2.29. The zero-order valence-corrected chi connectivity index (χ0v) is 5.01. The Morgan fingerprint density at radius 1 is 1.50 bits per heavy atom. The van der Waals surface area contributed by atoms with E-state index in [0.29, 0.717) is 6.61 Å². The van der Waals surface area contributed by atoms with Gasteiger partial charge in [0.05, 0.1) is 0 Å². The molecule has 0 radical (unpaired) electrons. The van der Waals surface area contributed by atoms with Gasteiger partial charge in [0, 0.05) is 6.61 Å². The lowest BCUT2D eigenvalue weighted by Crippen LogP contribution is -1.75. The van der Waals surface area contributed by atoms with Gasteiger partial charge in [0.25, 0.3) is 0 Å². The van der Waals surface area contributed by atoms with Crippen molar-refractivity contribution in [1.29, 1.82) is 0 Å². The molecule has 1 heteroatoms. The molecule has 0 unspecified atom stereocenters. The largest absolute Gasteiger partial charge is 0.396 e. The van der Waals surface area contributed by atoms with Gasteiger partial charge in [0.2, 0.25) is 0 Å². The molecule has 1 fully saturated rings. The van der Waals surface area contributed by atoms with E-state index in [2.05, 4.69) is 12.2 Å². The molecule has 0 spiro atoms. The molecule has 0 amide bonds. The van der Waals surface area contributed by atoms with Crippen LogP contribution in [-0.2, 0) is 0 Å². The first kappa shape index (κ1) is 5.83. The Bertz CT molecular complexity index is 82.4. The van der Waals surface area contributed by atoms with E-state index < -0.39 is 0 Å². The summed E-state index contributed by atoms with van der Waals surface area (Å²) in [6.07, 6.45) is 7.83. The lowest BCUT2D eigenvalue weighted by Gasteiger charge is -1.81. The molecule has 0 aromatic heterocycles. The van der Waals surface area contributed by atoms with Crippen LogP contribution < -0.4 is 0 Å². The maximum atomic E-state index is 8.35.